The van der Waals surface area contributed by atoms with Crippen LogP contribution in [0.2, 0.25) is 0 Å². The molecule has 0 radical (unpaired) electrons. The number of amides is 1. The first-order chi connectivity index (χ1) is 8.15. The Morgan fingerprint density at radius 1 is 1.47 bits per heavy atom. The maximum absolute atomic E-state index is 13.2. The van der Waals surface area contributed by atoms with Crippen LogP contribution in [0.4, 0.5) is 10.1 Å². The Morgan fingerprint density at radius 3 is 2.88 bits per heavy atom. The average molecular weight is 235 g/mol. The monoisotopic (exact) mass is 235 g/mol. The number of nitrogens with zero attached hydrogens (tertiary/aromatic N) is 1. The van der Waals surface area contributed by atoms with Crippen molar-refractivity contribution in [3.05, 3.63) is 29.6 Å². The molecule has 0 fully saturated rings. The minimum Gasteiger partial charge on any atom is -0.384 e. The number of hydrogen-bond acceptors (Lipinski definition) is 3. The molecule has 1 rings (SSSR count). The van der Waals surface area contributed by atoms with Gasteiger partial charge in [0.25, 0.3) is 0 Å². The zero-order chi connectivity index (χ0) is 12.7. The van der Waals surface area contributed by atoms with Crippen molar-refractivity contribution in [2.24, 2.45) is 5.73 Å². The van der Waals surface area contributed by atoms with E-state index in [2.05, 4.69) is 5.32 Å². The fourth-order valence-electron chi connectivity index (χ4n) is 1.43. The Balaban J connectivity index is 2.45. The van der Waals surface area contributed by atoms with Crippen molar-refractivity contribution in [2.75, 3.05) is 11.9 Å². The lowest BCUT2D eigenvalue weighted by Crippen LogP contribution is -2.11. The molecule has 0 aliphatic heterocycles. The largest absolute Gasteiger partial charge is 0.384 e. The molecule has 0 bridgehead atoms. The van der Waals surface area contributed by atoms with E-state index in [9.17, 15) is 9.18 Å². The number of benzene rings is 1. The number of carbonyl (C=O) groups excluding carboxylic acids is 1. The molecule has 0 unspecified atom stereocenters. The van der Waals surface area contributed by atoms with Gasteiger partial charge in [-0.05, 0) is 25.0 Å². The first-order valence-corrected chi connectivity index (χ1v) is 5.36. The van der Waals surface area contributed by atoms with Gasteiger partial charge in [0.2, 0.25) is 5.91 Å². The highest BCUT2D eigenvalue weighted by Crippen LogP contribution is 2.17. The van der Waals surface area contributed by atoms with E-state index in [0.717, 1.165) is 6.42 Å². The summed E-state index contributed by atoms with van der Waals surface area (Å²) < 4.78 is 13.2. The Hall–Kier alpha value is -2.09. The third kappa shape index (κ3) is 4.11. The molecule has 17 heavy (non-hydrogen) atoms. The van der Waals surface area contributed by atoms with Crippen molar-refractivity contribution in [3.63, 3.8) is 0 Å². The van der Waals surface area contributed by atoms with Crippen LogP contribution in [-0.2, 0) is 4.79 Å². The van der Waals surface area contributed by atoms with Crippen molar-refractivity contribution >= 4 is 11.6 Å². The maximum atomic E-state index is 13.2. The van der Waals surface area contributed by atoms with Gasteiger partial charge in [0.05, 0.1) is 5.69 Å². The summed E-state index contributed by atoms with van der Waals surface area (Å²) in [5, 5.41) is 11.7. The number of nitriles is 1. The molecule has 4 nitrogen and oxygen atoms in total. The molecule has 1 aromatic rings. The van der Waals surface area contributed by atoms with E-state index in [1.165, 1.54) is 6.07 Å². The molecule has 0 heterocycles. The Morgan fingerprint density at radius 2 is 2.24 bits per heavy atom. The fourth-order valence-corrected chi connectivity index (χ4v) is 1.43. The maximum Gasteiger partial charge on any atom is 0.217 e. The van der Waals surface area contributed by atoms with Crippen LogP contribution >= 0.6 is 0 Å². The van der Waals surface area contributed by atoms with Gasteiger partial charge in [0.15, 0.2) is 0 Å². The molecule has 5 heteroatoms. The number of primary amides is 1. The summed E-state index contributed by atoms with van der Waals surface area (Å²) in [5.41, 5.74) is 5.49. The number of carbonyl (C=O) groups is 1. The van der Waals surface area contributed by atoms with Gasteiger partial charge < -0.3 is 11.1 Å². The summed E-state index contributed by atoms with van der Waals surface area (Å²) in [6.07, 6.45) is 1.76. The highest BCUT2D eigenvalue weighted by atomic mass is 19.1. The third-order valence-corrected chi connectivity index (χ3v) is 2.29. The van der Waals surface area contributed by atoms with E-state index >= 15 is 0 Å². The predicted molar refractivity (Wildman–Crippen MR) is 62.7 cm³/mol. The second-order valence-corrected chi connectivity index (χ2v) is 3.62. The summed E-state index contributed by atoms with van der Waals surface area (Å²) in [7, 11) is 0. The summed E-state index contributed by atoms with van der Waals surface area (Å²) in [5.74, 6) is -0.858. The SMILES string of the molecule is N#Cc1c(F)cccc1NCCCCC(N)=O. The zero-order valence-corrected chi connectivity index (χ0v) is 9.37. The van der Waals surface area contributed by atoms with E-state index in [1.807, 2.05) is 6.07 Å². The standard InChI is InChI=1S/C12H14FN3O/c13-10-4-3-5-11(9(10)8-14)16-7-2-1-6-12(15)17/h3-5,16H,1-2,6-7H2,(H2,15,17). The van der Waals surface area contributed by atoms with Crippen molar-refractivity contribution in [1.29, 1.82) is 5.26 Å². The van der Waals surface area contributed by atoms with Gasteiger partial charge in [0.1, 0.15) is 17.4 Å². The number of rotatable bonds is 6. The first-order valence-electron chi connectivity index (χ1n) is 5.36. The summed E-state index contributed by atoms with van der Waals surface area (Å²) >= 11 is 0. The molecule has 3 N–H and O–H groups in total. The number of unbranched alkanes of at least 4 members (excludes halogenated alkanes) is 1. The predicted octanol–water partition coefficient (Wildman–Crippen LogP) is 1.76. The third-order valence-electron chi connectivity index (χ3n) is 2.29. The van der Waals surface area contributed by atoms with Gasteiger partial charge in [-0.25, -0.2) is 4.39 Å². The van der Waals surface area contributed by atoms with Gasteiger partial charge >= 0.3 is 0 Å². The molecule has 0 aliphatic carbocycles. The summed E-state index contributed by atoms with van der Waals surface area (Å²) in [6, 6.07) is 6.25. The van der Waals surface area contributed by atoms with Crippen LogP contribution in [0.1, 0.15) is 24.8 Å². The summed E-state index contributed by atoms with van der Waals surface area (Å²) in [6.45, 7) is 0.575. The Bertz CT molecular complexity index is 440. The molecule has 0 aliphatic rings. The lowest BCUT2D eigenvalue weighted by Gasteiger charge is -2.07. The quantitative estimate of drug-likeness (QED) is 0.737. The number of anilines is 1. The van der Waals surface area contributed by atoms with Crippen LogP contribution in [-0.4, -0.2) is 12.5 Å². The molecule has 1 amide bonds. The topological polar surface area (TPSA) is 78.9 Å². The number of nitrogens with two attached hydrogens (primary N) is 1. The minimum atomic E-state index is -0.533. The molecule has 1 aromatic carbocycles. The van der Waals surface area contributed by atoms with E-state index in [1.54, 1.807) is 12.1 Å². The molecule has 90 valence electrons. The van der Waals surface area contributed by atoms with Gasteiger partial charge in [-0.15, -0.1) is 0 Å². The zero-order valence-electron chi connectivity index (χ0n) is 9.37. The van der Waals surface area contributed by atoms with Crippen LogP contribution in [0, 0.1) is 17.1 Å². The molecule has 0 atom stereocenters. The molecule has 0 spiro atoms. The van der Waals surface area contributed by atoms with Crippen LogP contribution in [0.5, 0.6) is 0 Å². The van der Waals surface area contributed by atoms with Crippen LogP contribution < -0.4 is 11.1 Å². The lowest BCUT2D eigenvalue weighted by molar-refractivity contribution is -0.118. The van der Waals surface area contributed by atoms with Crippen LogP contribution in [0.25, 0.3) is 0 Å². The van der Waals surface area contributed by atoms with E-state index < -0.39 is 5.82 Å². The van der Waals surface area contributed by atoms with Crippen molar-refractivity contribution in [2.45, 2.75) is 19.3 Å². The van der Waals surface area contributed by atoms with Crippen molar-refractivity contribution in [1.82, 2.24) is 0 Å². The van der Waals surface area contributed by atoms with Gasteiger partial charge in [-0.3, -0.25) is 4.79 Å². The normalized spacial score (nSPS) is 9.65. The van der Waals surface area contributed by atoms with Crippen LogP contribution in [0.3, 0.4) is 0 Å². The van der Waals surface area contributed by atoms with Crippen LogP contribution in [0.15, 0.2) is 18.2 Å². The van der Waals surface area contributed by atoms with E-state index in [4.69, 9.17) is 11.0 Å². The second kappa shape index (κ2) is 6.48. The minimum absolute atomic E-state index is 0.0161. The van der Waals surface area contributed by atoms with Gasteiger partial charge in [0, 0.05) is 13.0 Å². The molecular formula is C12H14FN3O. The molecule has 0 aromatic heterocycles. The highest BCUT2D eigenvalue weighted by molar-refractivity contribution is 5.73. The number of hydrogen-bond donors (Lipinski definition) is 2. The van der Waals surface area contributed by atoms with E-state index in [0.29, 0.717) is 25.1 Å². The average Bonchev–Trinajstić information content (AvgIpc) is 2.28. The van der Waals surface area contributed by atoms with Gasteiger partial charge in [-0.1, -0.05) is 6.07 Å². The number of nitrogens with one attached hydrogen (secondary N) is 1. The molecule has 0 saturated carbocycles. The lowest BCUT2D eigenvalue weighted by atomic mass is 10.1. The summed E-state index contributed by atoms with van der Waals surface area (Å²) in [4.78, 5) is 10.5. The second-order valence-electron chi connectivity index (χ2n) is 3.62. The van der Waals surface area contributed by atoms with Crippen molar-refractivity contribution < 1.29 is 9.18 Å². The van der Waals surface area contributed by atoms with Crippen molar-refractivity contribution in [3.8, 4) is 6.07 Å². The first kappa shape index (κ1) is 13.0. The molecular weight excluding hydrogens is 221 g/mol. The smallest absolute Gasteiger partial charge is 0.217 e. The number of halogens is 1. The molecule has 0 saturated heterocycles. The Kier molecular flexibility index (Phi) is 4.95. The Labute approximate surface area is 99.2 Å². The van der Waals surface area contributed by atoms with E-state index in [-0.39, 0.29) is 11.5 Å². The fraction of sp³-hybridized carbons (Fsp3) is 0.333. The van der Waals surface area contributed by atoms with Gasteiger partial charge in [-0.2, -0.15) is 5.26 Å². The highest BCUT2D eigenvalue weighted by Gasteiger charge is 2.06.